The van der Waals surface area contributed by atoms with Gasteiger partial charge in [0, 0.05) is 36.8 Å². The molecule has 2 heterocycles. The van der Waals surface area contributed by atoms with E-state index < -0.39 is 0 Å². The van der Waals surface area contributed by atoms with Crippen molar-refractivity contribution in [2.45, 2.75) is 19.3 Å². The number of para-hydroxylation sites is 1. The van der Waals surface area contributed by atoms with E-state index in [-0.39, 0.29) is 18.4 Å². The van der Waals surface area contributed by atoms with Gasteiger partial charge in [-0.1, -0.05) is 18.2 Å². The van der Waals surface area contributed by atoms with E-state index in [1.165, 1.54) is 0 Å². The molecule has 1 aliphatic rings. The molecule has 0 saturated carbocycles. The molecule has 31 heavy (non-hydrogen) atoms. The zero-order valence-corrected chi connectivity index (χ0v) is 17.3. The summed E-state index contributed by atoms with van der Waals surface area (Å²) in [5.74, 6) is 1.29. The molecule has 160 valence electrons. The Bertz CT molecular complexity index is 1050. The molecule has 0 bridgehead atoms. The van der Waals surface area contributed by atoms with Crippen LogP contribution in [0, 0.1) is 0 Å². The van der Waals surface area contributed by atoms with Crippen molar-refractivity contribution in [2.75, 3.05) is 31.2 Å². The maximum atomic E-state index is 12.0. The highest BCUT2D eigenvalue weighted by atomic mass is 16.5. The Morgan fingerprint density at radius 2 is 1.90 bits per heavy atom. The molecule has 7 nitrogen and oxygen atoms in total. The van der Waals surface area contributed by atoms with Crippen molar-refractivity contribution in [3.8, 4) is 11.5 Å². The van der Waals surface area contributed by atoms with Crippen LogP contribution in [0.2, 0.25) is 0 Å². The van der Waals surface area contributed by atoms with Gasteiger partial charge in [-0.2, -0.15) is 0 Å². The van der Waals surface area contributed by atoms with Gasteiger partial charge in [0.15, 0.2) is 6.61 Å². The number of benzene rings is 2. The van der Waals surface area contributed by atoms with E-state index in [4.69, 9.17) is 9.47 Å². The monoisotopic (exact) mass is 419 g/mol. The SMILES string of the molecule is O=C(COc1ccc(N2CCCC2=O)cc1)NCCCOc1cccc2cccnc12. The maximum Gasteiger partial charge on any atom is 0.257 e. The van der Waals surface area contributed by atoms with E-state index in [0.29, 0.717) is 31.7 Å². The van der Waals surface area contributed by atoms with Gasteiger partial charge in [-0.3, -0.25) is 14.6 Å². The number of ether oxygens (including phenoxy) is 2. The summed E-state index contributed by atoms with van der Waals surface area (Å²) < 4.78 is 11.4. The second-order valence-corrected chi connectivity index (χ2v) is 7.31. The summed E-state index contributed by atoms with van der Waals surface area (Å²) >= 11 is 0. The molecular weight excluding hydrogens is 394 g/mol. The minimum absolute atomic E-state index is 0.0594. The minimum atomic E-state index is -0.189. The largest absolute Gasteiger partial charge is 0.491 e. The molecule has 3 aromatic rings. The van der Waals surface area contributed by atoms with Crippen molar-refractivity contribution >= 4 is 28.4 Å². The molecule has 4 rings (SSSR count). The average molecular weight is 419 g/mol. The summed E-state index contributed by atoms with van der Waals surface area (Å²) in [4.78, 5) is 29.9. The Balaban J connectivity index is 1.15. The number of aromatic nitrogens is 1. The van der Waals surface area contributed by atoms with E-state index in [1.54, 1.807) is 23.2 Å². The smallest absolute Gasteiger partial charge is 0.257 e. The molecular formula is C24H25N3O4. The zero-order valence-electron chi connectivity index (χ0n) is 17.3. The molecule has 7 heteroatoms. The number of hydrogen-bond donors (Lipinski definition) is 1. The normalized spacial score (nSPS) is 13.4. The first-order valence-corrected chi connectivity index (χ1v) is 10.5. The fraction of sp³-hybridized carbons (Fsp3) is 0.292. The first-order valence-electron chi connectivity index (χ1n) is 10.5. The van der Waals surface area contributed by atoms with Crippen LogP contribution in [0.4, 0.5) is 5.69 Å². The Labute approximate surface area is 181 Å². The summed E-state index contributed by atoms with van der Waals surface area (Å²) in [5.41, 5.74) is 1.70. The van der Waals surface area contributed by atoms with Gasteiger partial charge in [0.25, 0.3) is 5.91 Å². The van der Waals surface area contributed by atoms with Gasteiger partial charge in [-0.25, -0.2) is 0 Å². The quantitative estimate of drug-likeness (QED) is 0.538. The lowest BCUT2D eigenvalue weighted by molar-refractivity contribution is -0.123. The molecule has 2 amide bonds. The Morgan fingerprint density at radius 3 is 2.71 bits per heavy atom. The molecule has 0 aliphatic carbocycles. The topological polar surface area (TPSA) is 80.8 Å². The highest BCUT2D eigenvalue weighted by molar-refractivity contribution is 5.95. The molecule has 0 radical (unpaired) electrons. The Hall–Kier alpha value is -3.61. The number of amides is 2. The fourth-order valence-electron chi connectivity index (χ4n) is 3.52. The van der Waals surface area contributed by atoms with Crippen LogP contribution in [0.15, 0.2) is 60.8 Å². The second-order valence-electron chi connectivity index (χ2n) is 7.31. The third-order valence-corrected chi connectivity index (χ3v) is 5.09. The van der Waals surface area contributed by atoms with Crippen LogP contribution in [-0.2, 0) is 9.59 Å². The van der Waals surface area contributed by atoms with E-state index in [2.05, 4.69) is 10.3 Å². The predicted molar refractivity (Wildman–Crippen MR) is 118 cm³/mol. The molecule has 0 unspecified atom stereocenters. The molecule has 1 N–H and O–H groups in total. The molecule has 1 fully saturated rings. The number of nitrogens with one attached hydrogen (secondary N) is 1. The zero-order chi connectivity index (χ0) is 21.5. The van der Waals surface area contributed by atoms with Crippen LogP contribution >= 0.6 is 0 Å². The van der Waals surface area contributed by atoms with Gasteiger partial charge in [-0.15, -0.1) is 0 Å². The van der Waals surface area contributed by atoms with Crippen LogP contribution in [0.1, 0.15) is 19.3 Å². The molecule has 1 aliphatic heterocycles. The van der Waals surface area contributed by atoms with E-state index in [0.717, 1.165) is 35.3 Å². The van der Waals surface area contributed by atoms with Crippen LogP contribution in [0.5, 0.6) is 11.5 Å². The molecule has 0 spiro atoms. The molecule has 0 atom stereocenters. The van der Waals surface area contributed by atoms with Crippen molar-refractivity contribution in [1.82, 2.24) is 10.3 Å². The number of hydrogen-bond acceptors (Lipinski definition) is 5. The number of carbonyl (C=O) groups excluding carboxylic acids is 2. The Morgan fingerprint density at radius 1 is 1.06 bits per heavy atom. The van der Waals surface area contributed by atoms with Crippen molar-refractivity contribution in [3.63, 3.8) is 0 Å². The number of pyridine rings is 1. The van der Waals surface area contributed by atoms with E-state index in [1.807, 2.05) is 42.5 Å². The summed E-state index contributed by atoms with van der Waals surface area (Å²) in [7, 11) is 0. The molecule has 1 saturated heterocycles. The van der Waals surface area contributed by atoms with Gasteiger partial charge in [0.05, 0.1) is 6.61 Å². The molecule has 1 aromatic heterocycles. The van der Waals surface area contributed by atoms with Gasteiger partial charge in [0.1, 0.15) is 17.0 Å². The lowest BCUT2D eigenvalue weighted by Crippen LogP contribution is -2.30. The number of carbonyl (C=O) groups is 2. The maximum absolute atomic E-state index is 12.0. The van der Waals surface area contributed by atoms with Crippen LogP contribution < -0.4 is 19.7 Å². The van der Waals surface area contributed by atoms with Crippen LogP contribution in [-0.4, -0.2) is 43.1 Å². The van der Waals surface area contributed by atoms with Crippen LogP contribution in [0.3, 0.4) is 0 Å². The summed E-state index contributed by atoms with van der Waals surface area (Å²) in [6, 6.07) is 17.0. The summed E-state index contributed by atoms with van der Waals surface area (Å²) in [6.07, 6.45) is 3.91. The standard InChI is InChI=1S/C24H25N3O4/c28-22(17-31-20-11-9-19(10-12-20)27-15-3-8-23(27)29)25-14-4-16-30-21-7-1-5-18-6-2-13-26-24(18)21/h1-2,5-7,9-13H,3-4,8,14-17H2,(H,25,28). The van der Waals surface area contributed by atoms with Crippen molar-refractivity contribution in [2.24, 2.45) is 0 Å². The first kappa shape index (κ1) is 20.7. The Kier molecular flexibility index (Phi) is 6.62. The van der Waals surface area contributed by atoms with E-state index in [9.17, 15) is 9.59 Å². The van der Waals surface area contributed by atoms with Crippen molar-refractivity contribution in [1.29, 1.82) is 0 Å². The predicted octanol–water partition coefficient (Wildman–Crippen LogP) is 3.33. The number of anilines is 1. The average Bonchev–Trinajstić information content (AvgIpc) is 3.23. The van der Waals surface area contributed by atoms with Gasteiger partial charge in [0.2, 0.25) is 5.91 Å². The van der Waals surface area contributed by atoms with Crippen molar-refractivity contribution in [3.05, 3.63) is 60.8 Å². The number of nitrogens with zero attached hydrogens (tertiary/aromatic N) is 2. The van der Waals surface area contributed by atoms with Crippen molar-refractivity contribution < 1.29 is 19.1 Å². The van der Waals surface area contributed by atoms with E-state index >= 15 is 0 Å². The first-order chi connectivity index (χ1) is 15.2. The highest BCUT2D eigenvalue weighted by Gasteiger charge is 2.21. The number of rotatable bonds is 9. The molecule has 2 aromatic carbocycles. The highest BCUT2D eigenvalue weighted by Crippen LogP contribution is 2.24. The van der Waals surface area contributed by atoms with Gasteiger partial charge >= 0.3 is 0 Å². The van der Waals surface area contributed by atoms with Gasteiger partial charge < -0.3 is 19.7 Å². The van der Waals surface area contributed by atoms with Gasteiger partial charge in [-0.05, 0) is 49.2 Å². The number of fused-ring (bicyclic) bond motifs is 1. The lowest BCUT2D eigenvalue weighted by atomic mass is 10.2. The fourth-order valence-corrected chi connectivity index (χ4v) is 3.52. The third kappa shape index (κ3) is 5.31. The summed E-state index contributed by atoms with van der Waals surface area (Å²) in [5, 5.41) is 3.86. The lowest BCUT2D eigenvalue weighted by Gasteiger charge is -2.16. The van der Waals surface area contributed by atoms with Crippen LogP contribution in [0.25, 0.3) is 10.9 Å². The minimum Gasteiger partial charge on any atom is -0.491 e. The summed E-state index contributed by atoms with van der Waals surface area (Å²) in [6.45, 7) is 1.67. The third-order valence-electron chi connectivity index (χ3n) is 5.09. The second kappa shape index (κ2) is 9.93.